The first-order valence-electron chi connectivity index (χ1n) is 3.59. The Morgan fingerprint density at radius 3 is 2.40 bits per heavy atom. The number of ether oxygens (including phenoxy) is 2. The molecule has 83 valence electrons. The molecule has 0 fully saturated rings. The molecular weight excluding hydrogens is 223 g/mol. The normalized spacial score (nSPS) is 11.6. The monoisotopic (exact) mass is 227 g/mol. The van der Waals surface area contributed by atoms with Gasteiger partial charge < -0.3 is 9.47 Å². The van der Waals surface area contributed by atoms with E-state index in [0.717, 1.165) is 18.2 Å². The first-order valence-corrected chi connectivity index (χ1v) is 3.59. The summed E-state index contributed by atoms with van der Waals surface area (Å²) < 4.78 is 66.1. The Bertz CT molecular complexity index is 323. The summed E-state index contributed by atoms with van der Waals surface area (Å²) in [5.41, 5.74) is 0. The second kappa shape index (κ2) is 4.33. The van der Waals surface area contributed by atoms with Gasteiger partial charge in [0, 0.05) is 0 Å². The summed E-state index contributed by atoms with van der Waals surface area (Å²) in [6, 6.07) is 5.02. The Kier molecular flexibility index (Phi) is 3.33. The fourth-order valence-electron chi connectivity index (χ4n) is 0.798. The van der Waals surface area contributed by atoms with Gasteiger partial charge in [-0.1, -0.05) is 6.07 Å². The zero-order chi connectivity index (χ0) is 11.5. The van der Waals surface area contributed by atoms with Crippen molar-refractivity contribution >= 4 is 0 Å². The lowest BCUT2D eigenvalue weighted by molar-refractivity contribution is -0.275. The van der Waals surface area contributed by atoms with Crippen molar-refractivity contribution in [2.45, 2.75) is 13.0 Å². The number of rotatable bonds is 3. The van der Waals surface area contributed by atoms with E-state index < -0.39 is 24.5 Å². The van der Waals surface area contributed by atoms with Crippen molar-refractivity contribution in [2.75, 3.05) is 0 Å². The van der Waals surface area contributed by atoms with Crippen molar-refractivity contribution in [1.29, 1.82) is 0 Å². The quantitative estimate of drug-likeness (QED) is 0.739. The van der Waals surface area contributed by atoms with Gasteiger partial charge in [-0.15, -0.1) is 13.2 Å². The largest absolute Gasteiger partial charge is 0.573 e. The van der Waals surface area contributed by atoms with E-state index in [0.29, 0.717) is 0 Å². The molecule has 0 spiro atoms. The zero-order valence-electron chi connectivity index (χ0n) is 7.02. The highest BCUT2D eigenvalue weighted by Gasteiger charge is 2.32. The van der Waals surface area contributed by atoms with Crippen LogP contribution in [0.5, 0.6) is 11.5 Å². The van der Waals surface area contributed by atoms with E-state index in [1.807, 2.05) is 0 Å². The van der Waals surface area contributed by atoms with Crippen LogP contribution in [-0.4, -0.2) is 13.0 Å². The molecule has 0 saturated heterocycles. The summed E-state index contributed by atoms with van der Waals surface area (Å²) >= 11 is 0. The third-order valence-corrected chi connectivity index (χ3v) is 1.23. The van der Waals surface area contributed by atoms with E-state index in [-0.39, 0.29) is 0 Å². The molecule has 0 aliphatic carbocycles. The first-order chi connectivity index (χ1) is 6.88. The first kappa shape index (κ1) is 11.5. The molecule has 0 N–H and O–H groups in total. The van der Waals surface area contributed by atoms with Gasteiger partial charge in [0.05, 0.1) is 0 Å². The third kappa shape index (κ3) is 4.01. The van der Waals surface area contributed by atoms with Crippen LogP contribution in [-0.2, 0) is 0 Å². The average Bonchev–Trinajstić information content (AvgIpc) is 2.05. The van der Waals surface area contributed by atoms with Crippen LogP contribution in [0, 0.1) is 6.07 Å². The number of alkyl halides is 5. The SMILES string of the molecule is FC(F)Oc1c[c]ccc1OC(F)(F)F. The van der Waals surface area contributed by atoms with E-state index in [9.17, 15) is 22.0 Å². The lowest BCUT2D eigenvalue weighted by Crippen LogP contribution is -2.18. The van der Waals surface area contributed by atoms with Crippen LogP contribution in [0.1, 0.15) is 0 Å². The van der Waals surface area contributed by atoms with Crippen molar-refractivity contribution < 1.29 is 31.4 Å². The van der Waals surface area contributed by atoms with Crippen molar-refractivity contribution in [3.63, 3.8) is 0 Å². The average molecular weight is 227 g/mol. The predicted molar refractivity (Wildman–Crippen MR) is 38.6 cm³/mol. The Labute approximate surface area is 81.2 Å². The minimum atomic E-state index is -4.96. The second-order valence-electron chi connectivity index (χ2n) is 2.30. The van der Waals surface area contributed by atoms with Crippen molar-refractivity contribution in [2.24, 2.45) is 0 Å². The third-order valence-electron chi connectivity index (χ3n) is 1.23. The number of benzene rings is 1. The number of halogens is 5. The van der Waals surface area contributed by atoms with Crippen LogP contribution in [0.2, 0.25) is 0 Å². The molecule has 0 heterocycles. The molecule has 1 aromatic carbocycles. The van der Waals surface area contributed by atoms with Crippen molar-refractivity contribution in [1.82, 2.24) is 0 Å². The minimum absolute atomic E-state index is 0.718. The van der Waals surface area contributed by atoms with E-state index in [1.54, 1.807) is 0 Å². The number of hydrogen-bond donors (Lipinski definition) is 0. The van der Waals surface area contributed by atoms with Gasteiger partial charge in [-0.3, -0.25) is 0 Å². The molecule has 7 heteroatoms. The van der Waals surface area contributed by atoms with Gasteiger partial charge in [-0.2, -0.15) is 8.78 Å². The Balaban J connectivity index is 2.86. The Morgan fingerprint density at radius 1 is 1.20 bits per heavy atom. The lowest BCUT2D eigenvalue weighted by Gasteiger charge is -2.12. The van der Waals surface area contributed by atoms with Gasteiger partial charge in [0.2, 0.25) is 0 Å². The van der Waals surface area contributed by atoms with Crippen LogP contribution in [0.25, 0.3) is 0 Å². The van der Waals surface area contributed by atoms with Gasteiger partial charge in [0.25, 0.3) is 0 Å². The molecule has 0 unspecified atom stereocenters. The Hall–Kier alpha value is -1.53. The summed E-state index contributed by atoms with van der Waals surface area (Å²) in [5.74, 6) is -1.55. The van der Waals surface area contributed by atoms with Crippen LogP contribution >= 0.6 is 0 Å². The molecule has 0 atom stereocenters. The fourth-order valence-corrected chi connectivity index (χ4v) is 0.798. The van der Waals surface area contributed by atoms with Crippen molar-refractivity contribution in [3.05, 3.63) is 24.3 Å². The summed E-state index contributed by atoms with van der Waals surface area (Å²) in [7, 11) is 0. The van der Waals surface area contributed by atoms with Gasteiger partial charge in [0.15, 0.2) is 11.5 Å². The second-order valence-corrected chi connectivity index (χ2v) is 2.30. The molecule has 2 nitrogen and oxygen atoms in total. The molecule has 0 aromatic heterocycles. The van der Waals surface area contributed by atoms with E-state index >= 15 is 0 Å². The van der Waals surface area contributed by atoms with Gasteiger partial charge in [-0.25, -0.2) is 0 Å². The van der Waals surface area contributed by atoms with Crippen LogP contribution in [0.3, 0.4) is 0 Å². The number of hydrogen-bond acceptors (Lipinski definition) is 2. The zero-order valence-corrected chi connectivity index (χ0v) is 7.02. The molecule has 1 aromatic rings. The van der Waals surface area contributed by atoms with E-state index in [2.05, 4.69) is 15.5 Å². The molecule has 0 bridgehead atoms. The summed E-state index contributed by atoms with van der Waals surface area (Å²) in [5, 5.41) is 0. The summed E-state index contributed by atoms with van der Waals surface area (Å²) in [6.07, 6.45) is -4.96. The maximum absolute atomic E-state index is 11.8. The van der Waals surface area contributed by atoms with E-state index in [1.165, 1.54) is 0 Å². The lowest BCUT2D eigenvalue weighted by atomic mass is 10.3. The molecule has 0 aliphatic heterocycles. The highest BCUT2D eigenvalue weighted by molar-refractivity contribution is 5.39. The highest BCUT2D eigenvalue weighted by atomic mass is 19.4. The smallest absolute Gasteiger partial charge is 0.431 e. The molecule has 1 rings (SSSR count). The standard InChI is InChI=1S/C8H4F5O2/c9-7(10)14-5-3-1-2-4-6(5)15-8(11,12)13/h2-4,7H. The van der Waals surface area contributed by atoms with E-state index in [4.69, 9.17) is 0 Å². The summed E-state index contributed by atoms with van der Waals surface area (Å²) in [6.45, 7) is -3.23. The van der Waals surface area contributed by atoms with Crippen LogP contribution in [0.4, 0.5) is 22.0 Å². The molecule has 15 heavy (non-hydrogen) atoms. The van der Waals surface area contributed by atoms with Gasteiger partial charge >= 0.3 is 13.0 Å². The highest BCUT2D eigenvalue weighted by Crippen LogP contribution is 2.32. The molecule has 1 radical (unpaired) electrons. The maximum atomic E-state index is 11.8. The minimum Gasteiger partial charge on any atom is -0.431 e. The topological polar surface area (TPSA) is 18.5 Å². The molecule has 0 aliphatic rings. The fraction of sp³-hybridized carbons (Fsp3) is 0.250. The Morgan fingerprint density at radius 2 is 1.87 bits per heavy atom. The van der Waals surface area contributed by atoms with Gasteiger partial charge in [-0.05, 0) is 18.2 Å². The van der Waals surface area contributed by atoms with Crippen molar-refractivity contribution in [3.8, 4) is 11.5 Å². The predicted octanol–water partition coefficient (Wildman–Crippen LogP) is 2.99. The molecular formula is C8H4F5O2. The molecule has 0 amide bonds. The maximum Gasteiger partial charge on any atom is 0.573 e. The van der Waals surface area contributed by atoms with Crippen LogP contribution < -0.4 is 9.47 Å². The summed E-state index contributed by atoms with van der Waals surface area (Å²) in [4.78, 5) is 0. The molecule has 0 saturated carbocycles. The van der Waals surface area contributed by atoms with Gasteiger partial charge in [0.1, 0.15) is 0 Å². The van der Waals surface area contributed by atoms with Crippen LogP contribution in [0.15, 0.2) is 18.2 Å².